The van der Waals surface area contributed by atoms with Gasteiger partial charge in [0, 0.05) is 39.3 Å². The molecule has 0 aliphatic carbocycles. The van der Waals surface area contributed by atoms with Crippen molar-refractivity contribution >= 4 is 0 Å². The molecule has 3 nitrogen and oxygen atoms in total. The van der Waals surface area contributed by atoms with E-state index in [0.29, 0.717) is 0 Å². The first kappa shape index (κ1) is 30.9. The third-order valence-electron chi connectivity index (χ3n) is 7.68. The first-order valence-electron chi connectivity index (χ1n) is 15.5. The largest absolute Gasteiger partial charge is 0.301 e. The fourth-order valence-electron chi connectivity index (χ4n) is 5.20. The maximum Gasteiger partial charge on any atom is 0.0110 e. The molecule has 0 unspecified atom stereocenters. The van der Waals surface area contributed by atoms with Gasteiger partial charge in [-0.05, 0) is 38.9 Å². The van der Waals surface area contributed by atoms with E-state index in [4.69, 9.17) is 0 Å². The standard InChI is InChI=1S/C30H63N3/c1-4-7-10-13-16-19-22-31-25-27-32(23-20-17-14-11-8-5-2)29-30-33(28-26-31)24-21-18-15-12-9-6-3/h4-30H2,1-3H3. The van der Waals surface area contributed by atoms with Crippen LogP contribution in [0.1, 0.15) is 136 Å². The van der Waals surface area contributed by atoms with Crippen LogP contribution < -0.4 is 0 Å². The second-order valence-electron chi connectivity index (χ2n) is 10.8. The summed E-state index contributed by atoms with van der Waals surface area (Å²) in [6.45, 7) is 18.6. The van der Waals surface area contributed by atoms with E-state index in [-0.39, 0.29) is 0 Å². The second kappa shape index (κ2) is 23.6. The van der Waals surface area contributed by atoms with Crippen LogP contribution in [0.25, 0.3) is 0 Å². The van der Waals surface area contributed by atoms with Crippen molar-refractivity contribution in [3.05, 3.63) is 0 Å². The SMILES string of the molecule is CCCCCCCCN1CCN(CCCCCCCC)CCN(CCCCCCCC)CC1. The van der Waals surface area contributed by atoms with Gasteiger partial charge >= 0.3 is 0 Å². The Morgan fingerprint density at radius 2 is 0.515 bits per heavy atom. The average Bonchev–Trinajstić information content (AvgIpc) is 2.92. The molecule has 0 aromatic carbocycles. The Hall–Kier alpha value is -0.120. The predicted molar refractivity (Wildman–Crippen MR) is 149 cm³/mol. The van der Waals surface area contributed by atoms with E-state index in [9.17, 15) is 0 Å². The van der Waals surface area contributed by atoms with Crippen LogP contribution in [-0.2, 0) is 0 Å². The normalized spacial score (nSPS) is 17.2. The maximum absolute atomic E-state index is 2.80. The first-order chi connectivity index (χ1) is 16.3. The van der Waals surface area contributed by atoms with E-state index in [1.807, 2.05) is 0 Å². The van der Waals surface area contributed by atoms with Crippen LogP contribution in [0.5, 0.6) is 0 Å². The lowest BCUT2D eigenvalue weighted by Crippen LogP contribution is -2.37. The van der Waals surface area contributed by atoms with Crippen LogP contribution in [0.2, 0.25) is 0 Å². The Bertz CT molecular complexity index is 318. The molecule has 33 heavy (non-hydrogen) atoms. The Morgan fingerprint density at radius 3 is 0.758 bits per heavy atom. The lowest BCUT2D eigenvalue weighted by atomic mass is 10.1. The van der Waals surface area contributed by atoms with Crippen LogP contribution in [0.15, 0.2) is 0 Å². The minimum Gasteiger partial charge on any atom is -0.301 e. The van der Waals surface area contributed by atoms with Gasteiger partial charge in [0.2, 0.25) is 0 Å². The third-order valence-corrected chi connectivity index (χ3v) is 7.68. The summed E-state index contributed by atoms with van der Waals surface area (Å²) in [5.41, 5.74) is 0. The van der Waals surface area contributed by atoms with Crippen molar-refractivity contribution in [3.8, 4) is 0 Å². The van der Waals surface area contributed by atoms with Crippen LogP contribution in [0.4, 0.5) is 0 Å². The molecule has 1 aliphatic heterocycles. The molecule has 0 saturated carbocycles. The minimum absolute atomic E-state index is 1.29. The number of hydrogen-bond donors (Lipinski definition) is 0. The smallest absolute Gasteiger partial charge is 0.0110 e. The fraction of sp³-hybridized carbons (Fsp3) is 1.00. The van der Waals surface area contributed by atoms with Gasteiger partial charge in [0.05, 0.1) is 0 Å². The molecular weight excluding hydrogens is 402 g/mol. The van der Waals surface area contributed by atoms with Gasteiger partial charge in [0.1, 0.15) is 0 Å². The summed E-state index contributed by atoms with van der Waals surface area (Å²) in [5, 5.41) is 0. The molecule has 198 valence electrons. The van der Waals surface area contributed by atoms with Crippen molar-refractivity contribution in [2.45, 2.75) is 136 Å². The molecule has 0 radical (unpaired) electrons. The molecule has 0 bridgehead atoms. The molecule has 3 heteroatoms. The summed E-state index contributed by atoms with van der Waals surface area (Å²) in [7, 11) is 0. The molecule has 0 aromatic heterocycles. The monoisotopic (exact) mass is 466 g/mol. The lowest BCUT2D eigenvalue weighted by Gasteiger charge is -2.25. The molecule has 0 aromatic rings. The van der Waals surface area contributed by atoms with Gasteiger partial charge in [0.15, 0.2) is 0 Å². The van der Waals surface area contributed by atoms with Gasteiger partial charge in [-0.3, -0.25) is 0 Å². The molecule has 0 amide bonds. The maximum atomic E-state index is 2.80. The van der Waals surface area contributed by atoms with Gasteiger partial charge in [-0.25, -0.2) is 0 Å². The molecule has 0 atom stereocenters. The molecular formula is C30H63N3. The number of rotatable bonds is 21. The summed E-state index contributed by atoms with van der Waals surface area (Å²) >= 11 is 0. The van der Waals surface area contributed by atoms with E-state index in [2.05, 4.69) is 35.5 Å². The average molecular weight is 466 g/mol. The van der Waals surface area contributed by atoms with Gasteiger partial charge in [-0.15, -0.1) is 0 Å². The quantitative estimate of drug-likeness (QED) is 0.159. The molecule has 1 aliphatic rings. The molecule has 0 N–H and O–H groups in total. The van der Waals surface area contributed by atoms with Gasteiger partial charge < -0.3 is 14.7 Å². The third kappa shape index (κ3) is 18.8. The summed E-state index contributed by atoms with van der Waals surface area (Å²) in [6.07, 6.45) is 25.5. The van der Waals surface area contributed by atoms with Crippen LogP contribution >= 0.6 is 0 Å². The Balaban J connectivity index is 2.40. The number of hydrogen-bond acceptors (Lipinski definition) is 3. The van der Waals surface area contributed by atoms with E-state index in [0.717, 1.165) is 0 Å². The molecule has 1 rings (SSSR count). The Labute approximate surface area is 210 Å². The summed E-state index contributed by atoms with van der Waals surface area (Å²) in [5.74, 6) is 0. The van der Waals surface area contributed by atoms with Gasteiger partial charge in [-0.2, -0.15) is 0 Å². The van der Waals surface area contributed by atoms with Crippen molar-refractivity contribution in [2.24, 2.45) is 0 Å². The van der Waals surface area contributed by atoms with E-state index in [1.54, 1.807) is 0 Å². The summed E-state index contributed by atoms with van der Waals surface area (Å²) in [6, 6.07) is 0. The van der Waals surface area contributed by atoms with Crippen LogP contribution in [0, 0.1) is 0 Å². The van der Waals surface area contributed by atoms with Crippen molar-refractivity contribution in [1.82, 2.24) is 14.7 Å². The van der Waals surface area contributed by atoms with Crippen molar-refractivity contribution < 1.29 is 0 Å². The van der Waals surface area contributed by atoms with E-state index >= 15 is 0 Å². The highest BCUT2D eigenvalue weighted by Gasteiger charge is 2.16. The topological polar surface area (TPSA) is 9.72 Å². The second-order valence-corrected chi connectivity index (χ2v) is 10.8. The van der Waals surface area contributed by atoms with E-state index in [1.165, 1.54) is 174 Å². The van der Waals surface area contributed by atoms with Crippen molar-refractivity contribution in [1.29, 1.82) is 0 Å². The summed E-state index contributed by atoms with van der Waals surface area (Å²) in [4.78, 5) is 8.40. The van der Waals surface area contributed by atoms with Crippen LogP contribution in [-0.4, -0.2) is 73.6 Å². The lowest BCUT2D eigenvalue weighted by molar-refractivity contribution is 0.213. The Kier molecular flexibility index (Phi) is 22.1. The van der Waals surface area contributed by atoms with Crippen molar-refractivity contribution in [3.63, 3.8) is 0 Å². The fourth-order valence-corrected chi connectivity index (χ4v) is 5.20. The first-order valence-corrected chi connectivity index (χ1v) is 15.5. The van der Waals surface area contributed by atoms with Gasteiger partial charge in [-0.1, -0.05) is 117 Å². The highest BCUT2D eigenvalue weighted by Crippen LogP contribution is 2.11. The zero-order chi connectivity index (χ0) is 23.8. The molecule has 1 heterocycles. The predicted octanol–water partition coefficient (Wildman–Crippen LogP) is 7.99. The molecule has 1 fully saturated rings. The number of unbranched alkanes of at least 4 members (excludes halogenated alkanes) is 15. The zero-order valence-electron chi connectivity index (χ0n) is 23.4. The van der Waals surface area contributed by atoms with E-state index < -0.39 is 0 Å². The highest BCUT2D eigenvalue weighted by atomic mass is 15.3. The van der Waals surface area contributed by atoms with Crippen LogP contribution in [0.3, 0.4) is 0 Å². The molecule has 0 spiro atoms. The van der Waals surface area contributed by atoms with Gasteiger partial charge in [0.25, 0.3) is 0 Å². The highest BCUT2D eigenvalue weighted by molar-refractivity contribution is 4.72. The number of nitrogens with zero attached hydrogens (tertiary/aromatic N) is 3. The van der Waals surface area contributed by atoms with Crippen molar-refractivity contribution in [2.75, 3.05) is 58.9 Å². The summed E-state index contributed by atoms with van der Waals surface area (Å²) < 4.78 is 0. The Morgan fingerprint density at radius 1 is 0.303 bits per heavy atom. The minimum atomic E-state index is 1.29. The zero-order valence-corrected chi connectivity index (χ0v) is 23.4. The molecule has 1 saturated heterocycles.